The summed E-state index contributed by atoms with van der Waals surface area (Å²) in [6.07, 6.45) is 0. The molecule has 0 atom stereocenters. The van der Waals surface area contributed by atoms with Crippen molar-refractivity contribution in [2.24, 2.45) is 5.10 Å². The summed E-state index contributed by atoms with van der Waals surface area (Å²) in [7, 11) is 0. The Bertz CT molecular complexity index is 1060. The highest BCUT2D eigenvalue weighted by molar-refractivity contribution is 6.00. The van der Waals surface area contributed by atoms with Crippen molar-refractivity contribution in [2.75, 3.05) is 6.61 Å². The first-order chi connectivity index (χ1) is 14.0. The Morgan fingerprint density at radius 3 is 2.69 bits per heavy atom. The topological polar surface area (TPSA) is 123 Å². The third-order valence-electron chi connectivity index (χ3n) is 4.08. The number of hydrazone groups is 1. The molecule has 0 unspecified atom stereocenters. The predicted molar refractivity (Wildman–Crippen MR) is 108 cm³/mol. The van der Waals surface area contributed by atoms with Crippen molar-refractivity contribution >= 4 is 17.3 Å². The minimum atomic E-state index is -0.474. The zero-order valence-electron chi connectivity index (χ0n) is 15.9. The smallest absolute Gasteiger partial charge is 0.289 e. The molecule has 0 fully saturated rings. The third kappa shape index (κ3) is 4.83. The van der Waals surface area contributed by atoms with E-state index < -0.39 is 10.8 Å². The van der Waals surface area contributed by atoms with Crippen LogP contribution in [0.2, 0.25) is 0 Å². The van der Waals surface area contributed by atoms with Crippen LogP contribution in [0.1, 0.15) is 29.9 Å². The fraction of sp³-hybridized carbons (Fsp3) is 0.150. The van der Waals surface area contributed by atoms with Crippen molar-refractivity contribution in [1.82, 2.24) is 15.6 Å². The summed E-state index contributed by atoms with van der Waals surface area (Å²) < 4.78 is 5.48. The number of carbonyl (C=O) groups is 1. The number of non-ortho nitro benzene ring substituents is 1. The molecule has 1 amide bonds. The summed E-state index contributed by atoms with van der Waals surface area (Å²) >= 11 is 0. The quantitative estimate of drug-likeness (QED) is 0.361. The van der Waals surface area contributed by atoms with E-state index in [1.54, 1.807) is 25.1 Å². The van der Waals surface area contributed by atoms with Crippen LogP contribution < -0.4 is 10.2 Å². The molecule has 148 valence electrons. The van der Waals surface area contributed by atoms with Gasteiger partial charge in [-0.05, 0) is 49.7 Å². The zero-order valence-corrected chi connectivity index (χ0v) is 15.9. The van der Waals surface area contributed by atoms with Crippen LogP contribution in [0, 0.1) is 10.1 Å². The first-order valence-corrected chi connectivity index (χ1v) is 8.86. The molecule has 29 heavy (non-hydrogen) atoms. The van der Waals surface area contributed by atoms with E-state index in [0.717, 1.165) is 11.3 Å². The molecule has 0 saturated heterocycles. The molecule has 2 N–H and O–H groups in total. The monoisotopic (exact) mass is 393 g/mol. The van der Waals surface area contributed by atoms with Gasteiger partial charge in [-0.15, -0.1) is 0 Å². The summed E-state index contributed by atoms with van der Waals surface area (Å²) in [6.45, 7) is 4.16. The number of amides is 1. The van der Waals surface area contributed by atoms with Crippen LogP contribution in [-0.2, 0) is 0 Å². The summed E-state index contributed by atoms with van der Waals surface area (Å²) in [5.74, 6) is 0.272. The Morgan fingerprint density at radius 2 is 2.00 bits per heavy atom. The molecule has 0 aliphatic rings. The number of aromatic amines is 1. The van der Waals surface area contributed by atoms with Gasteiger partial charge in [-0.2, -0.15) is 10.2 Å². The second-order valence-electron chi connectivity index (χ2n) is 6.07. The number of rotatable bonds is 7. The first-order valence-electron chi connectivity index (χ1n) is 8.86. The Hall–Kier alpha value is -4.01. The number of hydrogen-bond donors (Lipinski definition) is 2. The maximum absolute atomic E-state index is 12.3. The van der Waals surface area contributed by atoms with E-state index in [0.29, 0.717) is 23.6 Å². The second kappa shape index (κ2) is 8.79. The van der Waals surface area contributed by atoms with Gasteiger partial charge in [0.05, 0.1) is 22.9 Å². The number of H-pyrrole nitrogens is 1. The highest BCUT2D eigenvalue weighted by Gasteiger charge is 2.12. The number of nitrogens with zero attached hydrogens (tertiary/aromatic N) is 3. The molecule has 9 nitrogen and oxygen atoms in total. The van der Waals surface area contributed by atoms with Crippen molar-refractivity contribution in [3.63, 3.8) is 0 Å². The fourth-order valence-corrected chi connectivity index (χ4v) is 2.58. The van der Waals surface area contributed by atoms with Gasteiger partial charge in [0.1, 0.15) is 11.4 Å². The van der Waals surface area contributed by atoms with Gasteiger partial charge in [0.25, 0.3) is 11.6 Å². The molecule has 9 heteroatoms. The number of hydrogen-bond acceptors (Lipinski definition) is 6. The van der Waals surface area contributed by atoms with E-state index in [9.17, 15) is 14.9 Å². The molecule has 0 bridgehead atoms. The van der Waals surface area contributed by atoms with Gasteiger partial charge in [0.15, 0.2) is 0 Å². The van der Waals surface area contributed by atoms with Gasteiger partial charge >= 0.3 is 0 Å². The maximum atomic E-state index is 12.3. The molecular weight excluding hydrogens is 374 g/mol. The number of carbonyl (C=O) groups excluding carboxylic acids is 1. The van der Waals surface area contributed by atoms with Crippen LogP contribution in [-0.4, -0.2) is 33.3 Å². The maximum Gasteiger partial charge on any atom is 0.289 e. The van der Waals surface area contributed by atoms with Gasteiger partial charge in [0.2, 0.25) is 0 Å². The predicted octanol–water partition coefficient (Wildman–Crippen LogP) is 3.54. The van der Waals surface area contributed by atoms with Crippen molar-refractivity contribution < 1.29 is 14.5 Å². The molecule has 0 spiro atoms. The molecule has 0 aliphatic heterocycles. The van der Waals surface area contributed by atoms with Crippen LogP contribution in [0.3, 0.4) is 0 Å². The zero-order chi connectivity index (χ0) is 20.8. The van der Waals surface area contributed by atoms with E-state index in [-0.39, 0.29) is 11.4 Å². The summed E-state index contributed by atoms with van der Waals surface area (Å²) in [5, 5.41) is 21.6. The summed E-state index contributed by atoms with van der Waals surface area (Å²) in [5.41, 5.74) is 5.29. The number of ether oxygens (including phenoxy) is 1. The van der Waals surface area contributed by atoms with Crippen LogP contribution in [0.25, 0.3) is 11.3 Å². The molecule has 0 saturated carbocycles. The number of nitro groups is 1. The highest BCUT2D eigenvalue weighted by atomic mass is 16.6. The molecular formula is C20H19N5O4. The van der Waals surface area contributed by atoms with Crippen LogP contribution in [0.4, 0.5) is 5.69 Å². The number of benzene rings is 2. The lowest BCUT2D eigenvalue weighted by Crippen LogP contribution is -2.19. The SMILES string of the molecule is CCOc1cccc(-c2cc(C(=O)N/N=C(\C)c3ccc([N+](=O)[O-])cc3)[nH]n2)c1. The lowest BCUT2D eigenvalue weighted by molar-refractivity contribution is -0.384. The fourth-order valence-electron chi connectivity index (χ4n) is 2.58. The van der Waals surface area contributed by atoms with Crippen molar-refractivity contribution in [3.05, 3.63) is 76.0 Å². The van der Waals surface area contributed by atoms with Crippen molar-refractivity contribution in [1.29, 1.82) is 0 Å². The van der Waals surface area contributed by atoms with Crippen LogP contribution in [0.5, 0.6) is 5.75 Å². The van der Waals surface area contributed by atoms with Gasteiger partial charge < -0.3 is 4.74 Å². The largest absolute Gasteiger partial charge is 0.494 e. The average molecular weight is 393 g/mol. The molecule has 2 aromatic carbocycles. The Kier molecular flexibility index (Phi) is 5.98. The van der Waals surface area contributed by atoms with Gasteiger partial charge in [0, 0.05) is 17.7 Å². The summed E-state index contributed by atoms with van der Waals surface area (Å²) in [4.78, 5) is 22.6. The third-order valence-corrected chi connectivity index (χ3v) is 4.08. The Balaban J connectivity index is 1.69. The van der Waals surface area contributed by atoms with Crippen molar-refractivity contribution in [2.45, 2.75) is 13.8 Å². The van der Waals surface area contributed by atoms with E-state index in [4.69, 9.17) is 4.74 Å². The normalized spacial score (nSPS) is 11.2. The number of nitrogens with one attached hydrogen (secondary N) is 2. The van der Waals surface area contributed by atoms with Gasteiger partial charge in [-0.25, -0.2) is 5.43 Å². The molecule has 0 aliphatic carbocycles. The van der Waals surface area contributed by atoms with E-state index in [1.807, 2.05) is 31.2 Å². The number of nitro benzene ring substituents is 1. The van der Waals surface area contributed by atoms with Crippen LogP contribution in [0.15, 0.2) is 59.7 Å². The van der Waals surface area contributed by atoms with E-state index >= 15 is 0 Å². The lowest BCUT2D eigenvalue weighted by Gasteiger charge is -2.03. The van der Waals surface area contributed by atoms with Gasteiger partial charge in [-0.3, -0.25) is 20.0 Å². The first kappa shape index (κ1) is 19.7. The van der Waals surface area contributed by atoms with E-state index in [1.165, 1.54) is 12.1 Å². The summed E-state index contributed by atoms with van der Waals surface area (Å²) in [6, 6.07) is 15.0. The molecule has 3 rings (SSSR count). The highest BCUT2D eigenvalue weighted by Crippen LogP contribution is 2.22. The Labute approximate surface area is 166 Å². The lowest BCUT2D eigenvalue weighted by atomic mass is 10.1. The minimum Gasteiger partial charge on any atom is -0.494 e. The Morgan fingerprint density at radius 1 is 1.24 bits per heavy atom. The molecule has 1 heterocycles. The second-order valence-corrected chi connectivity index (χ2v) is 6.07. The average Bonchev–Trinajstić information content (AvgIpc) is 3.23. The minimum absolute atomic E-state index is 0.0102. The molecule has 1 aromatic heterocycles. The van der Waals surface area contributed by atoms with E-state index in [2.05, 4.69) is 20.7 Å². The van der Waals surface area contributed by atoms with Crippen LogP contribution >= 0.6 is 0 Å². The molecule has 3 aromatic rings. The van der Waals surface area contributed by atoms with Crippen molar-refractivity contribution in [3.8, 4) is 17.0 Å². The number of aromatic nitrogens is 2. The standard InChI is InChI=1S/C20H19N5O4/c1-3-29-17-6-4-5-15(11-17)18-12-19(23-22-18)20(26)24-21-13(2)14-7-9-16(10-8-14)25(27)28/h4-12H,3H2,1-2H3,(H,22,23)(H,24,26)/b21-13+. The van der Waals surface area contributed by atoms with Gasteiger partial charge in [-0.1, -0.05) is 12.1 Å². The molecule has 0 radical (unpaired) electrons.